The Kier molecular flexibility index (Phi) is 9.00. The third-order valence-electron chi connectivity index (χ3n) is 6.65. The molecule has 2 N–H and O–H groups in total. The Labute approximate surface area is 233 Å². The van der Waals surface area contributed by atoms with Gasteiger partial charge in [-0.3, -0.25) is 4.79 Å². The summed E-state index contributed by atoms with van der Waals surface area (Å²) in [7, 11) is 0.298. The van der Waals surface area contributed by atoms with Crippen LogP contribution in [0, 0.1) is 0 Å². The summed E-state index contributed by atoms with van der Waals surface area (Å²) in [5.41, 5.74) is 5.65. The molecule has 2 heterocycles. The number of amides is 1. The van der Waals surface area contributed by atoms with Crippen LogP contribution in [0.2, 0.25) is 0 Å². The van der Waals surface area contributed by atoms with Crippen LogP contribution in [-0.4, -0.2) is 43.0 Å². The zero-order valence-electron chi connectivity index (χ0n) is 23.2. The van der Waals surface area contributed by atoms with Crippen LogP contribution in [0.4, 0.5) is 0 Å². The summed E-state index contributed by atoms with van der Waals surface area (Å²) in [6, 6.07) is 17.1. The van der Waals surface area contributed by atoms with E-state index >= 15 is 0 Å². The molecule has 3 aromatic rings. The topological polar surface area (TPSA) is 91.8 Å². The molecule has 1 aliphatic heterocycles. The number of allylic oxidation sites excluding steroid dienone is 1. The van der Waals surface area contributed by atoms with Crippen molar-refractivity contribution in [3.05, 3.63) is 88.6 Å². The van der Waals surface area contributed by atoms with Gasteiger partial charge in [0.25, 0.3) is 5.91 Å². The molecule has 206 valence electrons. The van der Waals surface area contributed by atoms with Crippen molar-refractivity contribution in [3.63, 3.8) is 0 Å². The van der Waals surface area contributed by atoms with E-state index in [-0.39, 0.29) is 18.6 Å². The first-order chi connectivity index (χ1) is 18.7. The van der Waals surface area contributed by atoms with Crippen molar-refractivity contribution in [3.8, 4) is 17.0 Å². The largest absolute Gasteiger partial charge is 0.497 e. The second-order valence-corrected chi connectivity index (χ2v) is 12.7. The Hall–Kier alpha value is -3.33. The molecule has 0 aliphatic carbocycles. The number of ether oxygens (including phenoxy) is 1. The van der Waals surface area contributed by atoms with E-state index < -0.39 is 15.7 Å². The summed E-state index contributed by atoms with van der Waals surface area (Å²) >= 11 is 0. The standard InChI is InChI=1S/C31H37N3O4S/c1-6-8-21-9-7-10-23(17-21)29-28-24(20-34(27(28)15-16-35)39(37)31(2,3)4)18-26(33-29)30(36)32-19-22-11-13-25(38-5)14-12-22/h6-14,17-18,27,35H,15-16,19-20H2,1-5H3,(H,32,36)/t27-,39-/m0/s1. The van der Waals surface area contributed by atoms with Crippen molar-refractivity contribution < 1.29 is 18.8 Å². The van der Waals surface area contributed by atoms with E-state index in [9.17, 15) is 14.1 Å². The second-order valence-electron chi connectivity index (χ2n) is 10.5. The first-order valence-corrected chi connectivity index (χ1v) is 14.2. The van der Waals surface area contributed by atoms with Gasteiger partial charge in [0.2, 0.25) is 0 Å². The number of nitrogens with zero attached hydrogens (tertiary/aromatic N) is 2. The van der Waals surface area contributed by atoms with Crippen molar-refractivity contribution in [2.24, 2.45) is 0 Å². The van der Waals surface area contributed by atoms with Gasteiger partial charge in [-0.2, -0.15) is 0 Å². The number of fused-ring (bicyclic) bond motifs is 1. The Morgan fingerprint density at radius 3 is 2.59 bits per heavy atom. The average Bonchev–Trinajstić information content (AvgIpc) is 3.29. The fourth-order valence-electron chi connectivity index (χ4n) is 4.80. The quantitative estimate of drug-likeness (QED) is 0.373. The van der Waals surface area contributed by atoms with Crippen LogP contribution in [0.25, 0.3) is 17.3 Å². The molecule has 2 atom stereocenters. The lowest BCUT2D eigenvalue weighted by Crippen LogP contribution is -2.36. The summed E-state index contributed by atoms with van der Waals surface area (Å²) in [5.74, 6) is 0.471. The zero-order chi connectivity index (χ0) is 28.2. The van der Waals surface area contributed by atoms with E-state index in [0.29, 0.717) is 30.9 Å². The molecule has 0 fully saturated rings. The van der Waals surface area contributed by atoms with Gasteiger partial charge in [0, 0.05) is 30.8 Å². The highest BCUT2D eigenvalue weighted by Gasteiger charge is 2.40. The van der Waals surface area contributed by atoms with E-state index in [1.165, 1.54) is 0 Å². The number of benzene rings is 2. The van der Waals surface area contributed by atoms with Gasteiger partial charge >= 0.3 is 0 Å². The van der Waals surface area contributed by atoms with Gasteiger partial charge in [-0.15, -0.1) is 0 Å². The van der Waals surface area contributed by atoms with Gasteiger partial charge in [-0.1, -0.05) is 42.5 Å². The Bertz CT molecular complexity index is 1380. The van der Waals surface area contributed by atoms with Crippen molar-refractivity contribution in [2.75, 3.05) is 13.7 Å². The van der Waals surface area contributed by atoms with Gasteiger partial charge in [-0.05, 0) is 75.1 Å². The minimum absolute atomic E-state index is 0.0515. The Morgan fingerprint density at radius 1 is 1.21 bits per heavy atom. The summed E-state index contributed by atoms with van der Waals surface area (Å²) in [6.07, 6.45) is 4.41. The van der Waals surface area contributed by atoms with E-state index in [1.54, 1.807) is 7.11 Å². The van der Waals surface area contributed by atoms with Gasteiger partial charge in [0.15, 0.2) is 0 Å². The summed E-state index contributed by atoms with van der Waals surface area (Å²) < 4.78 is 20.2. The van der Waals surface area contributed by atoms with Gasteiger partial charge in [-0.25, -0.2) is 13.5 Å². The highest BCUT2D eigenvalue weighted by molar-refractivity contribution is 7.84. The van der Waals surface area contributed by atoms with Crippen LogP contribution in [0.1, 0.15) is 72.9 Å². The number of carbonyl (C=O) groups excluding carboxylic acids is 1. The lowest BCUT2D eigenvalue weighted by atomic mass is 9.95. The maximum Gasteiger partial charge on any atom is 0.270 e. The maximum atomic E-state index is 13.6. The fourth-order valence-corrected chi connectivity index (χ4v) is 6.21. The normalized spacial score (nSPS) is 16.3. The predicted molar refractivity (Wildman–Crippen MR) is 156 cm³/mol. The maximum absolute atomic E-state index is 13.6. The molecule has 2 aromatic carbocycles. The third-order valence-corrected chi connectivity index (χ3v) is 8.51. The number of hydrogen-bond donors (Lipinski definition) is 2. The molecule has 1 aromatic heterocycles. The van der Waals surface area contributed by atoms with Crippen molar-refractivity contribution in [2.45, 2.75) is 58.0 Å². The molecule has 1 amide bonds. The molecule has 0 saturated heterocycles. The van der Waals surface area contributed by atoms with E-state index in [0.717, 1.165) is 33.6 Å². The van der Waals surface area contributed by atoms with Crippen LogP contribution in [0.15, 0.2) is 60.7 Å². The molecule has 7 nitrogen and oxygen atoms in total. The van der Waals surface area contributed by atoms with Crippen molar-refractivity contribution >= 4 is 23.0 Å². The van der Waals surface area contributed by atoms with Gasteiger partial charge in [0.1, 0.15) is 22.4 Å². The lowest BCUT2D eigenvalue weighted by molar-refractivity contribution is 0.0946. The van der Waals surface area contributed by atoms with Gasteiger partial charge < -0.3 is 15.2 Å². The molecule has 4 rings (SSSR count). The third kappa shape index (κ3) is 6.46. The van der Waals surface area contributed by atoms with Crippen molar-refractivity contribution in [1.29, 1.82) is 0 Å². The molecule has 0 unspecified atom stereocenters. The highest BCUT2D eigenvalue weighted by Crippen LogP contribution is 2.44. The van der Waals surface area contributed by atoms with Crippen molar-refractivity contribution in [1.82, 2.24) is 14.6 Å². The lowest BCUT2D eigenvalue weighted by Gasteiger charge is -2.30. The zero-order valence-corrected chi connectivity index (χ0v) is 24.0. The number of hydrogen-bond acceptors (Lipinski definition) is 5. The second kappa shape index (κ2) is 12.2. The smallest absolute Gasteiger partial charge is 0.270 e. The highest BCUT2D eigenvalue weighted by atomic mass is 32.2. The molecule has 1 aliphatic rings. The van der Waals surface area contributed by atoms with Crippen LogP contribution < -0.4 is 10.1 Å². The van der Waals surface area contributed by atoms with Gasteiger partial charge in [0.05, 0.1) is 23.6 Å². The number of carbonyl (C=O) groups is 1. The molecule has 0 radical (unpaired) electrons. The van der Waals surface area contributed by atoms with Crippen LogP contribution >= 0.6 is 0 Å². The fraction of sp³-hybridized carbons (Fsp3) is 0.355. The number of rotatable bonds is 9. The van der Waals surface area contributed by atoms with Crippen LogP contribution in [-0.2, 0) is 24.1 Å². The Balaban J connectivity index is 1.76. The number of aliphatic hydroxyl groups excluding tert-OH is 1. The number of aliphatic hydroxyl groups is 1. The average molecular weight is 548 g/mol. The number of aromatic nitrogens is 1. The predicted octanol–water partition coefficient (Wildman–Crippen LogP) is 5.42. The number of pyridine rings is 1. The van der Waals surface area contributed by atoms with Crippen LogP contribution in [0.3, 0.4) is 0 Å². The van der Waals surface area contributed by atoms with Crippen LogP contribution in [0.5, 0.6) is 5.75 Å². The number of methoxy groups -OCH3 is 1. The summed E-state index contributed by atoms with van der Waals surface area (Å²) in [5, 5.41) is 12.9. The SMILES string of the molecule is CC=Cc1cccc(-c2nc(C(=O)NCc3ccc(OC)cc3)cc3c2[C@H](CCO)N([S@@](=O)C(C)(C)C)C3)c1. The Morgan fingerprint density at radius 2 is 1.95 bits per heavy atom. The molecule has 8 heteroatoms. The molecule has 0 saturated carbocycles. The molecular formula is C31H37N3O4S. The van der Waals surface area contributed by atoms with E-state index in [2.05, 4.69) is 5.32 Å². The summed E-state index contributed by atoms with van der Waals surface area (Å²) in [4.78, 5) is 18.2. The number of nitrogens with one attached hydrogen (secondary N) is 1. The minimum atomic E-state index is -1.32. The van der Waals surface area contributed by atoms with E-state index in [4.69, 9.17) is 9.72 Å². The first kappa shape index (κ1) is 28.7. The monoisotopic (exact) mass is 547 g/mol. The molecule has 0 bridgehead atoms. The molecule has 0 spiro atoms. The minimum Gasteiger partial charge on any atom is -0.497 e. The van der Waals surface area contributed by atoms with E-state index in [1.807, 2.05) is 98.7 Å². The molecule has 39 heavy (non-hydrogen) atoms. The molecular weight excluding hydrogens is 510 g/mol. The summed E-state index contributed by atoms with van der Waals surface area (Å²) in [6.45, 7) is 8.50. The first-order valence-electron chi connectivity index (χ1n) is 13.1.